The first kappa shape index (κ1) is 19.4. The second kappa shape index (κ2) is 8.11. The van der Waals surface area contributed by atoms with Crippen LogP contribution in [0.15, 0.2) is 16.9 Å². The van der Waals surface area contributed by atoms with Gasteiger partial charge < -0.3 is 14.6 Å². The molecule has 0 saturated carbocycles. The molecule has 0 spiro atoms. The third-order valence-electron chi connectivity index (χ3n) is 5.84. The Labute approximate surface area is 158 Å². The monoisotopic (exact) mass is 383 g/mol. The van der Waals surface area contributed by atoms with Crippen molar-refractivity contribution in [2.75, 3.05) is 26.3 Å². The fourth-order valence-electron chi connectivity index (χ4n) is 4.38. The SMILES string of the molecule is CCc1cc2c(cc1F)[nH]c(=O)n2C1CCN(C2CCOCC2)CC1.Cl. The Morgan fingerprint density at radius 3 is 2.50 bits per heavy atom. The van der Waals surface area contributed by atoms with Crippen LogP contribution in [-0.2, 0) is 11.2 Å². The molecule has 1 aromatic carbocycles. The number of aromatic nitrogens is 2. The summed E-state index contributed by atoms with van der Waals surface area (Å²) in [6.45, 7) is 5.67. The van der Waals surface area contributed by atoms with E-state index in [1.807, 2.05) is 17.6 Å². The maximum absolute atomic E-state index is 14.0. The second-order valence-electron chi connectivity index (χ2n) is 7.23. The van der Waals surface area contributed by atoms with Gasteiger partial charge in [-0.1, -0.05) is 6.92 Å². The summed E-state index contributed by atoms with van der Waals surface area (Å²) in [5, 5.41) is 0. The maximum atomic E-state index is 14.0. The molecule has 3 heterocycles. The minimum Gasteiger partial charge on any atom is -0.381 e. The van der Waals surface area contributed by atoms with Crippen LogP contribution in [0, 0.1) is 5.82 Å². The topological polar surface area (TPSA) is 50.3 Å². The standard InChI is InChI=1S/C19H26FN3O2.ClH/c1-2-13-11-18-17(12-16(13)20)21-19(24)23(18)15-3-7-22(8-4-15)14-5-9-25-10-6-14;/h11-12,14-15H,2-10H2,1H3,(H,21,24);1H. The summed E-state index contributed by atoms with van der Waals surface area (Å²) in [4.78, 5) is 17.9. The summed E-state index contributed by atoms with van der Waals surface area (Å²) in [5.74, 6) is -0.238. The van der Waals surface area contributed by atoms with Gasteiger partial charge in [-0.15, -0.1) is 12.4 Å². The number of likely N-dealkylation sites (tertiary alicyclic amines) is 1. The lowest BCUT2D eigenvalue weighted by atomic mass is 9.99. The van der Waals surface area contributed by atoms with Crippen molar-refractivity contribution in [1.29, 1.82) is 0 Å². The summed E-state index contributed by atoms with van der Waals surface area (Å²) in [5.41, 5.74) is 1.99. The highest BCUT2D eigenvalue weighted by Gasteiger charge is 2.28. The fourth-order valence-corrected chi connectivity index (χ4v) is 4.38. The quantitative estimate of drug-likeness (QED) is 0.885. The van der Waals surface area contributed by atoms with Gasteiger partial charge in [0.2, 0.25) is 0 Å². The number of piperidine rings is 1. The third kappa shape index (κ3) is 3.55. The summed E-state index contributed by atoms with van der Waals surface area (Å²) in [7, 11) is 0. The summed E-state index contributed by atoms with van der Waals surface area (Å²) < 4.78 is 21.3. The molecule has 2 aromatic rings. The van der Waals surface area contributed by atoms with Crippen molar-refractivity contribution < 1.29 is 9.13 Å². The third-order valence-corrected chi connectivity index (χ3v) is 5.84. The Balaban J connectivity index is 0.00000196. The first-order valence-electron chi connectivity index (χ1n) is 9.41. The van der Waals surface area contributed by atoms with Crippen LogP contribution in [0.25, 0.3) is 11.0 Å². The van der Waals surface area contributed by atoms with Crippen molar-refractivity contribution in [2.45, 2.75) is 51.1 Å². The molecule has 1 aromatic heterocycles. The number of aromatic amines is 1. The summed E-state index contributed by atoms with van der Waals surface area (Å²) in [6, 6.07) is 4.11. The number of halogens is 2. The number of aryl methyl sites for hydroxylation is 1. The van der Waals surface area contributed by atoms with Gasteiger partial charge >= 0.3 is 5.69 Å². The Morgan fingerprint density at radius 2 is 1.85 bits per heavy atom. The molecule has 7 heteroatoms. The minimum absolute atomic E-state index is 0. The van der Waals surface area contributed by atoms with Gasteiger partial charge in [0, 0.05) is 38.4 Å². The Hall–Kier alpha value is -1.37. The van der Waals surface area contributed by atoms with Crippen molar-refractivity contribution in [3.63, 3.8) is 0 Å². The first-order chi connectivity index (χ1) is 12.2. The molecule has 0 amide bonds. The lowest BCUT2D eigenvalue weighted by molar-refractivity contribution is 0.0220. The van der Waals surface area contributed by atoms with Gasteiger partial charge in [-0.05, 0) is 49.8 Å². The van der Waals surface area contributed by atoms with Gasteiger partial charge in [0.25, 0.3) is 0 Å². The summed E-state index contributed by atoms with van der Waals surface area (Å²) >= 11 is 0. The van der Waals surface area contributed by atoms with E-state index in [1.54, 1.807) is 0 Å². The van der Waals surface area contributed by atoms with Crippen LogP contribution < -0.4 is 5.69 Å². The molecule has 2 fully saturated rings. The van der Waals surface area contributed by atoms with Crippen molar-refractivity contribution in [3.05, 3.63) is 34.0 Å². The van der Waals surface area contributed by atoms with Gasteiger partial charge in [-0.3, -0.25) is 4.57 Å². The molecular weight excluding hydrogens is 357 g/mol. The number of fused-ring (bicyclic) bond motifs is 1. The first-order valence-corrected chi connectivity index (χ1v) is 9.41. The molecular formula is C19H27ClFN3O2. The maximum Gasteiger partial charge on any atom is 0.326 e. The average molecular weight is 384 g/mol. The highest BCUT2D eigenvalue weighted by atomic mass is 35.5. The zero-order valence-corrected chi connectivity index (χ0v) is 16.0. The van der Waals surface area contributed by atoms with Crippen LogP contribution in [-0.4, -0.2) is 46.8 Å². The normalized spacial score (nSPS) is 20.4. The number of nitrogens with one attached hydrogen (secondary N) is 1. The number of hydrogen-bond acceptors (Lipinski definition) is 3. The smallest absolute Gasteiger partial charge is 0.326 e. The lowest BCUT2D eigenvalue weighted by Gasteiger charge is -2.39. The second-order valence-corrected chi connectivity index (χ2v) is 7.23. The van der Waals surface area contributed by atoms with Crippen LogP contribution in [0.1, 0.15) is 44.2 Å². The molecule has 2 saturated heterocycles. The van der Waals surface area contributed by atoms with Gasteiger partial charge in [0.1, 0.15) is 5.82 Å². The van der Waals surface area contributed by atoms with E-state index in [2.05, 4.69) is 9.88 Å². The molecule has 0 atom stereocenters. The van der Waals surface area contributed by atoms with E-state index in [0.717, 1.165) is 57.5 Å². The van der Waals surface area contributed by atoms with Crippen LogP contribution >= 0.6 is 12.4 Å². The van der Waals surface area contributed by atoms with E-state index >= 15 is 0 Å². The number of ether oxygens (including phenoxy) is 1. The van der Waals surface area contributed by atoms with Crippen LogP contribution in [0.5, 0.6) is 0 Å². The van der Waals surface area contributed by atoms with E-state index in [-0.39, 0.29) is 30.0 Å². The number of H-pyrrole nitrogens is 1. The molecule has 0 radical (unpaired) electrons. The van der Waals surface area contributed by atoms with Crippen LogP contribution in [0.3, 0.4) is 0 Å². The Kier molecular flexibility index (Phi) is 6.05. The number of imidazole rings is 1. The largest absolute Gasteiger partial charge is 0.381 e. The van der Waals surface area contributed by atoms with Crippen LogP contribution in [0.4, 0.5) is 4.39 Å². The Morgan fingerprint density at radius 1 is 1.15 bits per heavy atom. The molecule has 144 valence electrons. The van der Waals surface area contributed by atoms with Gasteiger partial charge in [0.15, 0.2) is 0 Å². The number of benzene rings is 1. The molecule has 2 aliphatic rings. The van der Waals surface area contributed by atoms with Crippen molar-refractivity contribution in [3.8, 4) is 0 Å². The predicted molar refractivity (Wildman–Crippen MR) is 103 cm³/mol. The van der Waals surface area contributed by atoms with Gasteiger partial charge in [0.05, 0.1) is 11.0 Å². The Bertz CT molecular complexity index is 805. The highest BCUT2D eigenvalue weighted by molar-refractivity contribution is 5.85. The molecule has 0 unspecified atom stereocenters. The lowest BCUT2D eigenvalue weighted by Crippen LogP contribution is -2.45. The van der Waals surface area contributed by atoms with E-state index in [4.69, 9.17) is 4.74 Å². The number of hydrogen-bond donors (Lipinski definition) is 1. The van der Waals surface area contributed by atoms with E-state index in [9.17, 15) is 9.18 Å². The highest BCUT2D eigenvalue weighted by Crippen LogP contribution is 2.28. The van der Waals surface area contributed by atoms with E-state index in [1.165, 1.54) is 6.07 Å². The number of nitrogens with zero attached hydrogens (tertiary/aromatic N) is 2. The molecule has 5 nitrogen and oxygen atoms in total. The molecule has 0 aliphatic carbocycles. The summed E-state index contributed by atoms with van der Waals surface area (Å²) in [6.07, 6.45) is 4.77. The van der Waals surface area contributed by atoms with Crippen molar-refractivity contribution in [1.82, 2.24) is 14.5 Å². The molecule has 0 bridgehead atoms. The fraction of sp³-hybridized carbons (Fsp3) is 0.632. The molecule has 26 heavy (non-hydrogen) atoms. The molecule has 4 rings (SSSR count). The molecule has 2 aliphatic heterocycles. The molecule has 1 N–H and O–H groups in total. The number of rotatable bonds is 3. The zero-order valence-electron chi connectivity index (χ0n) is 15.2. The van der Waals surface area contributed by atoms with Gasteiger partial charge in [-0.2, -0.15) is 0 Å². The van der Waals surface area contributed by atoms with E-state index < -0.39 is 0 Å². The van der Waals surface area contributed by atoms with Gasteiger partial charge in [-0.25, -0.2) is 9.18 Å². The van der Waals surface area contributed by atoms with Crippen molar-refractivity contribution in [2.24, 2.45) is 0 Å². The van der Waals surface area contributed by atoms with Crippen molar-refractivity contribution >= 4 is 23.4 Å². The van der Waals surface area contributed by atoms with Crippen LogP contribution in [0.2, 0.25) is 0 Å². The minimum atomic E-state index is -0.238. The average Bonchev–Trinajstić information content (AvgIpc) is 2.96. The van der Waals surface area contributed by atoms with E-state index in [0.29, 0.717) is 23.5 Å². The zero-order chi connectivity index (χ0) is 17.4. The predicted octanol–water partition coefficient (Wildman–Crippen LogP) is 3.27.